The van der Waals surface area contributed by atoms with Crippen LogP contribution in [0.15, 0.2) is 24.3 Å². The SMILES string of the molecule is FC(F)Oc1ccccc1C1CC1. The Kier molecular flexibility index (Phi) is 2.17. The Bertz CT molecular complexity index is 295. The van der Waals surface area contributed by atoms with Gasteiger partial charge in [0.05, 0.1) is 0 Å². The van der Waals surface area contributed by atoms with E-state index in [4.69, 9.17) is 0 Å². The molecule has 2 rings (SSSR count). The van der Waals surface area contributed by atoms with Gasteiger partial charge in [-0.2, -0.15) is 8.78 Å². The topological polar surface area (TPSA) is 9.23 Å². The summed E-state index contributed by atoms with van der Waals surface area (Å²) in [6, 6.07) is 7.02. The van der Waals surface area contributed by atoms with E-state index in [0.717, 1.165) is 18.4 Å². The van der Waals surface area contributed by atoms with Crippen molar-refractivity contribution in [3.8, 4) is 5.75 Å². The van der Waals surface area contributed by atoms with Crippen molar-refractivity contribution in [3.63, 3.8) is 0 Å². The Morgan fingerprint density at radius 1 is 1.23 bits per heavy atom. The molecule has 0 atom stereocenters. The van der Waals surface area contributed by atoms with E-state index in [1.807, 2.05) is 12.1 Å². The Morgan fingerprint density at radius 3 is 2.54 bits per heavy atom. The lowest BCUT2D eigenvalue weighted by Crippen LogP contribution is -2.03. The van der Waals surface area contributed by atoms with Crippen LogP contribution in [0.4, 0.5) is 8.78 Å². The first-order valence-corrected chi connectivity index (χ1v) is 4.31. The first kappa shape index (κ1) is 8.48. The molecule has 13 heavy (non-hydrogen) atoms. The summed E-state index contributed by atoms with van der Waals surface area (Å²) in [4.78, 5) is 0. The summed E-state index contributed by atoms with van der Waals surface area (Å²) in [7, 11) is 0. The van der Waals surface area contributed by atoms with Gasteiger partial charge in [-0.25, -0.2) is 0 Å². The third kappa shape index (κ3) is 1.97. The van der Waals surface area contributed by atoms with E-state index in [0.29, 0.717) is 11.7 Å². The third-order valence-corrected chi connectivity index (χ3v) is 2.15. The second-order valence-corrected chi connectivity index (χ2v) is 3.19. The van der Waals surface area contributed by atoms with Crippen LogP contribution in [0.1, 0.15) is 24.3 Å². The van der Waals surface area contributed by atoms with E-state index in [9.17, 15) is 8.78 Å². The molecule has 0 heterocycles. The first-order valence-electron chi connectivity index (χ1n) is 4.31. The van der Waals surface area contributed by atoms with Crippen molar-refractivity contribution in [1.82, 2.24) is 0 Å². The quantitative estimate of drug-likeness (QED) is 0.701. The summed E-state index contributed by atoms with van der Waals surface area (Å²) < 4.78 is 28.3. The number of hydrogen-bond acceptors (Lipinski definition) is 1. The van der Waals surface area contributed by atoms with Crippen molar-refractivity contribution >= 4 is 0 Å². The van der Waals surface area contributed by atoms with E-state index in [2.05, 4.69) is 4.74 Å². The van der Waals surface area contributed by atoms with Gasteiger partial charge in [0.15, 0.2) is 0 Å². The predicted molar refractivity (Wildman–Crippen MR) is 45.0 cm³/mol. The monoisotopic (exact) mass is 184 g/mol. The molecule has 1 saturated carbocycles. The summed E-state index contributed by atoms with van der Waals surface area (Å²) in [5.41, 5.74) is 0.919. The zero-order chi connectivity index (χ0) is 9.26. The fourth-order valence-corrected chi connectivity index (χ4v) is 1.42. The van der Waals surface area contributed by atoms with Crippen molar-refractivity contribution in [2.75, 3.05) is 0 Å². The second kappa shape index (κ2) is 3.32. The van der Waals surface area contributed by atoms with Gasteiger partial charge in [-0.05, 0) is 30.4 Å². The molecule has 0 saturated heterocycles. The van der Waals surface area contributed by atoms with Crippen LogP contribution in [0.25, 0.3) is 0 Å². The highest BCUT2D eigenvalue weighted by atomic mass is 19.3. The average molecular weight is 184 g/mol. The molecule has 1 fully saturated rings. The van der Waals surface area contributed by atoms with E-state index < -0.39 is 6.61 Å². The van der Waals surface area contributed by atoms with Gasteiger partial charge in [0, 0.05) is 0 Å². The van der Waals surface area contributed by atoms with Crippen LogP contribution >= 0.6 is 0 Å². The molecule has 1 aliphatic carbocycles. The predicted octanol–water partition coefficient (Wildman–Crippen LogP) is 3.17. The molecule has 3 heteroatoms. The van der Waals surface area contributed by atoms with Crippen molar-refractivity contribution in [2.24, 2.45) is 0 Å². The maximum Gasteiger partial charge on any atom is 0.387 e. The van der Waals surface area contributed by atoms with Crippen LogP contribution < -0.4 is 4.74 Å². The van der Waals surface area contributed by atoms with Crippen LogP contribution in [0.5, 0.6) is 5.75 Å². The molecule has 1 aromatic carbocycles. The molecular weight excluding hydrogens is 174 g/mol. The zero-order valence-electron chi connectivity index (χ0n) is 7.04. The lowest BCUT2D eigenvalue weighted by Gasteiger charge is -2.08. The second-order valence-electron chi connectivity index (χ2n) is 3.19. The normalized spacial score (nSPS) is 16.2. The van der Waals surface area contributed by atoms with Crippen molar-refractivity contribution < 1.29 is 13.5 Å². The van der Waals surface area contributed by atoms with Crippen molar-refractivity contribution in [2.45, 2.75) is 25.4 Å². The molecule has 0 aromatic heterocycles. The molecule has 0 unspecified atom stereocenters. The van der Waals surface area contributed by atoms with Gasteiger partial charge < -0.3 is 4.74 Å². The van der Waals surface area contributed by atoms with Crippen LogP contribution in [-0.4, -0.2) is 6.61 Å². The number of halogens is 2. The summed E-state index contributed by atoms with van der Waals surface area (Å²) in [5, 5.41) is 0. The Hall–Kier alpha value is -1.12. The first-order chi connectivity index (χ1) is 6.27. The zero-order valence-corrected chi connectivity index (χ0v) is 7.04. The van der Waals surface area contributed by atoms with Gasteiger partial charge in [-0.15, -0.1) is 0 Å². The van der Waals surface area contributed by atoms with Crippen LogP contribution in [0.3, 0.4) is 0 Å². The lowest BCUT2D eigenvalue weighted by atomic mass is 10.1. The summed E-state index contributed by atoms with van der Waals surface area (Å²) >= 11 is 0. The van der Waals surface area contributed by atoms with Gasteiger partial charge in [0.25, 0.3) is 0 Å². The van der Waals surface area contributed by atoms with E-state index in [1.165, 1.54) is 0 Å². The van der Waals surface area contributed by atoms with Gasteiger partial charge >= 0.3 is 6.61 Å². The number of ether oxygens (including phenoxy) is 1. The molecular formula is C10H10F2O. The highest BCUT2D eigenvalue weighted by Crippen LogP contribution is 2.44. The lowest BCUT2D eigenvalue weighted by molar-refractivity contribution is -0.0504. The van der Waals surface area contributed by atoms with E-state index in [-0.39, 0.29) is 0 Å². The minimum atomic E-state index is -2.72. The number of benzene rings is 1. The molecule has 0 spiro atoms. The maximum absolute atomic E-state index is 12.0. The summed E-state index contributed by atoms with van der Waals surface area (Å²) in [6.45, 7) is -2.72. The third-order valence-electron chi connectivity index (χ3n) is 2.15. The standard InChI is InChI=1S/C10H10F2O/c11-10(12)13-9-4-2-1-3-8(9)7-5-6-7/h1-4,7,10H,5-6H2. The Labute approximate surface area is 75.3 Å². The average Bonchev–Trinajstić information content (AvgIpc) is 2.87. The van der Waals surface area contributed by atoms with E-state index in [1.54, 1.807) is 12.1 Å². The molecule has 0 amide bonds. The molecule has 0 aliphatic heterocycles. The largest absolute Gasteiger partial charge is 0.435 e. The molecule has 1 nitrogen and oxygen atoms in total. The number of para-hydroxylation sites is 1. The number of hydrogen-bond donors (Lipinski definition) is 0. The summed E-state index contributed by atoms with van der Waals surface area (Å²) in [6.07, 6.45) is 2.17. The Morgan fingerprint density at radius 2 is 1.92 bits per heavy atom. The fourth-order valence-electron chi connectivity index (χ4n) is 1.42. The van der Waals surface area contributed by atoms with Crippen LogP contribution in [0, 0.1) is 0 Å². The molecule has 0 radical (unpaired) electrons. The van der Waals surface area contributed by atoms with Gasteiger partial charge in [-0.1, -0.05) is 18.2 Å². The minimum Gasteiger partial charge on any atom is -0.435 e. The fraction of sp³-hybridized carbons (Fsp3) is 0.400. The maximum atomic E-state index is 12.0. The Balaban J connectivity index is 2.21. The minimum absolute atomic E-state index is 0.333. The van der Waals surface area contributed by atoms with Gasteiger partial charge in [0.1, 0.15) is 5.75 Å². The van der Waals surface area contributed by atoms with Crippen molar-refractivity contribution in [1.29, 1.82) is 0 Å². The molecule has 0 bridgehead atoms. The van der Waals surface area contributed by atoms with Crippen molar-refractivity contribution in [3.05, 3.63) is 29.8 Å². The molecule has 1 aromatic rings. The van der Waals surface area contributed by atoms with E-state index >= 15 is 0 Å². The molecule has 70 valence electrons. The van der Waals surface area contributed by atoms with Crippen LogP contribution in [0.2, 0.25) is 0 Å². The number of alkyl halides is 2. The van der Waals surface area contributed by atoms with Gasteiger partial charge in [0.2, 0.25) is 0 Å². The van der Waals surface area contributed by atoms with Gasteiger partial charge in [-0.3, -0.25) is 0 Å². The molecule has 1 aliphatic rings. The smallest absolute Gasteiger partial charge is 0.387 e. The molecule has 0 N–H and O–H groups in total. The highest BCUT2D eigenvalue weighted by molar-refractivity contribution is 5.38. The van der Waals surface area contributed by atoms with Crippen LogP contribution in [-0.2, 0) is 0 Å². The number of rotatable bonds is 3. The summed E-state index contributed by atoms with van der Waals surface area (Å²) in [5.74, 6) is 0.773. The highest BCUT2D eigenvalue weighted by Gasteiger charge is 2.27.